The summed E-state index contributed by atoms with van der Waals surface area (Å²) in [6.07, 6.45) is 1.43. The first-order valence-electron chi connectivity index (χ1n) is 5.62. The van der Waals surface area contributed by atoms with Crippen molar-refractivity contribution >= 4 is 17.6 Å². The van der Waals surface area contributed by atoms with Crippen LogP contribution in [0.4, 0.5) is 5.69 Å². The summed E-state index contributed by atoms with van der Waals surface area (Å²) in [6.45, 7) is 1.73. The van der Waals surface area contributed by atoms with Gasteiger partial charge in [-0.1, -0.05) is 12.1 Å². The molecular formula is C13H13N3O3. The summed E-state index contributed by atoms with van der Waals surface area (Å²) in [5, 5.41) is 15.6. The molecule has 0 unspecified atom stereocenters. The molecule has 0 radical (unpaired) electrons. The summed E-state index contributed by atoms with van der Waals surface area (Å²) in [7, 11) is 1.54. The molecule has 1 aromatic carbocycles. The van der Waals surface area contributed by atoms with Crippen LogP contribution in [0.1, 0.15) is 26.4 Å². The van der Waals surface area contributed by atoms with Gasteiger partial charge in [-0.05, 0) is 19.1 Å². The van der Waals surface area contributed by atoms with Gasteiger partial charge in [0.05, 0.1) is 23.0 Å². The number of aromatic amines is 1. The Labute approximate surface area is 109 Å². The van der Waals surface area contributed by atoms with E-state index in [1.807, 2.05) is 0 Å². The van der Waals surface area contributed by atoms with Crippen molar-refractivity contribution in [3.63, 3.8) is 0 Å². The number of carboxylic acids is 1. The maximum absolute atomic E-state index is 12.3. The summed E-state index contributed by atoms with van der Waals surface area (Å²) >= 11 is 0. The number of amides is 1. The van der Waals surface area contributed by atoms with E-state index in [2.05, 4.69) is 10.2 Å². The Hall–Kier alpha value is -2.63. The van der Waals surface area contributed by atoms with Crippen LogP contribution < -0.4 is 4.90 Å². The Morgan fingerprint density at radius 2 is 1.95 bits per heavy atom. The number of rotatable bonds is 3. The highest BCUT2D eigenvalue weighted by molar-refractivity contribution is 6.09. The second-order valence-electron chi connectivity index (χ2n) is 4.10. The van der Waals surface area contributed by atoms with Gasteiger partial charge in [0.25, 0.3) is 5.91 Å². The van der Waals surface area contributed by atoms with Crippen LogP contribution in [0.5, 0.6) is 0 Å². The third-order valence-electron chi connectivity index (χ3n) is 2.86. The Bertz CT molecular complexity index is 634. The van der Waals surface area contributed by atoms with Gasteiger partial charge in [0.15, 0.2) is 0 Å². The molecule has 6 nitrogen and oxygen atoms in total. The fourth-order valence-corrected chi connectivity index (χ4v) is 1.80. The number of hydrogen-bond acceptors (Lipinski definition) is 3. The highest BCUT2D eigenvalue weighted by Crippen LogP contribution is 2.21. The second kappa shape index (κ2) is 4.93. The lowest BCUT2D eigenvalue weighted by Gasteiger charge is -2.18. The number of carbonyl (C=O) groups excluding carboxylic acids is 1. The molecule has 0 aliphatic carbocycles. The molecule has 0 saturated carbocycles. The number of benzene rings is 1. The molecule has 0 fully saturated rings. The van der Waals surface area contributed by atoms with Crippen molar-refractivity contribution < 1.29 is 14.7 Å². The number of hydrogen-bond donors (Lipinski definition) is 2. The quantitative estimate of drug-likeness (QED) is 0.878. The van der Waals surface area contributed by atoms with Crippen LogP contribution in [-0.4, -0.2) is 34.2 Å². The smallest absolute Gasteiger partial charge is 0.337 e. The molecule has 0 aliphatic rings. The predicted molar refractivity (Wildman–Crippen MR) is 69.5 cm³/mol. The van der Waals surface area contributed by atoms with Gasteiger partial charge in [0, 0.05) is 12.7 Å². The summed E-state index contributed by atoms with van der Waals surface area (Å²) in [5.41, 5.74) is 1.49. The topological polar surface area (TPSA) is 86.3 Å². The summed E-state index contributed by atoms with van der Waals surface area (Å²) in [5.74, 6) is -1.38. The average molecular weight is 259 g/mol. The molecule has 0 spiro atoms. The van der Waals surface area contributed by atoms with Gasteiger partial charge in [-0.25, -0.2) is 4.79 Å². The van der Waals surface area contributed by atoms with Crippen LogP contribution in [0.15, 0.2) is 30.5 Å². The minimum Gasteiger partial charge on any atom is -0.478 e. The molecule has 0 saturated heterocycles. The van der Waals surface area contributed by atoms with Crippen LogP contribution in [0.25, 0.3) is 0 Å². The van der Waals surface area contributed by atoms with Crippen molar-refractivity contribution in [2.45, 2.75) is 6.92 Å². The molecule has 1 heterocycles. The van der Waals surface area contributed by atoms with Crippen LogP contribution >= 0.6 is 0 Å². The first kappa shape index (κ1) is 12.8. The van der Waals surface area contributed by atoms with Crippen LogP contribution in [0, 0.1) is 6.92 Å². The highest BCUT2D eigenvalue weighted by Gasteiger charge is 2.21. The van der Waals surface area contributed by atoms with E-state index >= 15 is 0 Å². The molecule has 2 rings (SSSR count). The maximum Gasteiger partial charge on any atom is 0.337 e. The van der Waals surface area contributed by atoms with E-state index in [1.165, 1.54) is 24.2 Å². The van der Waals surface area contributed by atoms with Crippen LogP contribution in [-0.2, 0) is 0 Å². The normalized spacial score (nSPS) is 10.2. The van der Waals surface area contributed by atoms with E-state index in [0.717, 1.165) is 0 Å². The maximum atomic E-state index is 12.3. The van der Waals surface area contributed by atoms with Crippen LogP contribution in [0.3, 0.4) is 0 Å². The Kier molecular flexibility index (Phi) is 3.33. The van der Waals surface area contributed by atoms with Gasteiger partial charge in [0.2, 0.25) is 0 Å². The number of carboxylic acid groups (broad SMARTS) is 1. The zero-order valence-electron chi connectivity index (χ0n) is 10.5. The lowest BCUT2D eigenvalue weighted by Crippen LogP contribution is -2.28. The SMILES string of the molecule is Cc1[nH]ncc1C(=O)N(C)c1ccccc1C(=O)O. The first-order valence-corrected chi connectivity index (χ1v) is 5.62. The van der Waals surface area contributed by atoms with E-state index in [1.54, 1.807) is 25.1 Å². The minimum atomic E-state index is -1.07. The second-order valence-corrected chi connectivity index (χ2v) is 4.10. The van der Waals surface area contributed by atoms with E-state index in [4.69, 9.17) is 5.11 Å². The summed E-state index contributed by atoms with van der Waals surface area (Å²) in [6, 6.07) is 6.36. The van der Waals surface area contributed by atoms with Gasteiger partial charge in [-0.3, -0.25) is 9.89 Å². The van der Waals surface area contributed by atoms with Crippen LogP contribution in [0.2, 0.25) is 0 Å². The van der Waals surface area contributed by atoms with Gasteiger partial charge < -0.3 is 10.0 Å². The predicted octanol–water partition coefficient (Wildman–Crippen LogP) is 1.69. The number of nitrogens with zero attached hydrogens (tertiary/aromatic N) is 2. The first-order chi connectivity index (χ1) is 9.02. The van der Waals surface area contributed by atoms with Crippen molar-refractivity contribution in [3.05, 3.63) is 47.3 Å². The number of nitrogens with one attached hydrogen (secondary N) is 1. The number of para-hydroxylation sites is 1. The lowest BCUT2D eigenvalue weighted by molar-refractivity contribution is 0.0697. The molecule has 98 valence electrons. The van der Waals surface area contributed by atoms with E-state index in [9.17, 15) is 9.59 Å². The molecular weight excluding hydrogens is 246 g/mol. The van der Waals surface area contributed by atoms with Crippen molar-refractivity contribution in [2.24, 2.45) is 0 Å². The molecule has 2 N–H and O–H groups in total. The standard InChI is InChI=1S/C13H13N3O3/c1-8-10(7-14-15-8)12(17)16(2)11-6-4-3-5-9(11)13(18)19/h3-7H,1-2H3,(H,14,15)(H,18,19). The molecule has 2 aromatic rings. The number of anilines is 1. The minimum absolute atomic E-state index is 0.0829. The lowest BCUT2D eigenvalue weighted by atomic mass is 10.1. The van der Waals surface area contributed by atoms with Gasteiger partial charge in [-0.15, -0.1) is 0 Å². The zero-order chi connectivity index (χ0) is 14.0. The molecule has 1 aromatic heterocycles. The van der Waals surface area contributed by atoms with Gasteiger partial charge >= 0.3 is 5.97 Å². The van der Waals surface area contributed by atoms with Crippen molar-refractivity contribution in [3.8, 4) is 0 Å². The molecule has 0 bridgehead atoms. The molecule has 1 amide bonds. The van der Waals surface area contributed by atoms with E-state index in [-0.39, 0.29) is 11.5 Å². The summed E-state index contributed by atoms with van der Waals surface area (Å²) in [4.78, 5) is 24.7. The average Bonchev–Trinajstić information content (AvgIpc) is 2.83. The Balaban J connectivity index is 2.40. The number of aryl methyl sites for hydroxylation is 1. The fraction of sp³-hybridized carbons (Fsp3) is 0.154. The molecule has 6 heteroatoms. The Morgan fingerprint density at radius 1 is 1.26 bits per heavy atom. The summed E-state index contributed by atoms with van der Waals surface area (Å²) < 4.78 is 0. The number of carbonyl (C=O) groups is 2. The van der Waals surface area contributed by atoms with Gasteiger partial charge in [0.1, 0.15) is 0 Å². The van der Waals surface area contributed by atoms with Crippen molar-refractivity contribution in [1.29, 1.82) is 0 Å². The molecule has 0 atom stereocenters. The van der Waals surface area contributed by atoms with Gasteiger partial charge in [-0.2, -0.15) is 5.10 Å². The van der Waals surface area contributed by atoms with E-state index < -0.39 is 5.97 Å². The molecule has 0 aliphatic heterocycles. The van der Waals surface area contributed by atoms with Crippen molar-refractivity contribution in [2.75, 3.05) is 11.9 Å². The highest BCUT2D eigenvalue weighted by atomic mass is 16.4. The number of H-pyrrole nitrogens is 1. The van der Waals surface area contributed by atoms with E-state index in [0.29, 0.717) is 16.9 Å². The zero-order valence-corrected chi connectivity index (χ0v) is 10.5. The Morgan fingerprint density at radius 3 is 2.53 bits per heavy atom. The number of aromatic nitrogens is 2. The third-order valence-corrected chi connectivity index (χ3v) is 2.86. The fourth-order valence-electron chi connectivity index (χ4n) is 1.80. The largest absolute Gasteiger partial charge is 0.478 e. The monoisotopic (exact) mass is 259 g/mol. The third kappa shape index (κ3) is 2.33. The number of aromatic carboxylic acids is 1. The van der Waals surface area contributed by atoms with Crippen molar-refractivity contribution in [1.82, 2.24) is 10.2 Å². The molecule has 19 heavy (non-hydrogen) atoms.